The molecule has 2 heterocycles. The van der Waals surface area contributed by atoms with E-state index in [4.69, 9.17) is 10.3 Å². The Hall–Kier alpha value is -2.27. The lowest BCUT2D eigenvalue weighted by molar-refractivity contribution is 0.346. The second kappa shape index (κ2) is 6.01. The normalized spacial score (nSPS) is 12.7. The molecule has 1 unspecified atom stereocenters. The molecule has 21 heavy (non-hydrogen) atoms. The van der Waals surface area contributed by atoms with Gasteiger partial charge in [0, 0.05) is 17.1 Å². The topological polar surface area (TPSA) is 77.8 Å². The molecule has 0 saturated heterocycles. The van der Waals surface area contributed by atoms with Crippen LogP contribution in [-0.2, 0) is 0 Å². The largest absolute Gasteiger partial charge is 0.337 e. The van der Waals surface area contributed by atoms with E-state index < -0.39 is 0 Å². The summed E-state index contributed by atoms with van der Waals surface area (Å²) in [6, 6.07) is 9.65. The lowest BCUT2D eigenvalue weighted by Crippen LogP contribution is -2.10. The van der Waals surface area contributed by atoms with Crippen molar-refractivity contribution in [3.63, 3.8) is 0 Å². The number of aromatic nitrogens is 3. The molecular formula is C16H18N4O. The Bertz CT molecular complexity index is 738. The molecule has 0 saturated carbocycles. The van der Waals surface area contributed by atoms with Gasteiger partial charge in [0.15, 0.2) is 0 Å². The smallest absolute Gasteiger partial charge is 0.243 e. The summed E-state index contributed by atoms with van der Waals surface area (Å²) in [5.41, 5.74) is 7.92. The molecule has 0 aliphatic heterocycles. The monoisotopic (exact) mass is 282 g/mol. The molecule has 1 aromatic carbocycles. The Morgan fingerprint density at radius 2 is 2.19 bits per heavy atom. The number of fused-ring (bicyclic) bond motifs is 1. The SMILES string of the molecule is CCCCC(N)c1nc(-c2ccc3ncccc3c2)no1. The summed E-state index contributed by atoms with van der Waals surface area (Å²) in [5.74, 6) is 1.08. The first kappa shape index (κ1) is 13.7. The lowest BCUT2D eigenvalue weighted by Gasteiger charge is -2.03. The molecular weight excluding hydrogens is 264 g/mol. The van der Waals surface area contributed by atoms with Crippen LogP contribution in [0.4, 0.5) is 0 Å². The summed E-state index contributed by atoms with van der Waals surface area (Å²) in [6.45, 7) is 2.13. The van der Waals surface area contributed by atoms with Crippen molar-refractivity contribution in [3.8, 4) is 11.4 Å². The van der Waals surface area contributed by atoms with Gasteiger partial charge in [-0.25, -0.2) is 0 Å². The van der Waals surface area contributed by atoms with Crippen LogP contribution in [0.25, 0.3) is 22.3 Å². The van der Waals surface area contributed by atoms with Crippen molar-refractivity contribution in [1.29, 1.82) is 0 Å². The number of rotatable bonds is 5. The van der Waals surface area contributed by atoms with Crippen LogP contribution in [0, 0.1) is 0 Å². The quantitative estimate of drug-likeness (QED) is 0.775. The van der Waals surface area contributed by atoms with Gasteiger partial charge in [-0.2, -0.15) is 4.98 Å². The third-order valence-corrected chi connectivity index (χ3v) is 3.49. The van der Waals surface area contributed by atoms with E-state index in [9.17, 15) is 0 Å². The van der Waals surface area contributed by atoms with E-state index >= 15 is 0 Å². The maximum atomic E-state index is 6.06. The van der Waals surface area contributed by atoms with Crippen molar-refractivity contribution in [3.05, 3.63) is 42.4 Å². The molecule has 0 amide bonds. The van der Waals surface area contributed by atoms with Gasteiger partial charge < -0.3 is 10.3 Å². The molecule has 2 N–H and O–H groups in total. The zero-order valence-corrected chi connectivity index (χ0v) is 12.0. The average molecular weight is 282 g/mol. The maximum Gasteiger partial charge on any atom is 0.243 e. The van der Waals surface area contributed by atoms with Crippen molar-refractivity contribution >= 4 is 10.9 Å². The molecule has 0 fully saturated rings. The fourth-order valence-corrected chi connectivity index (χ4v) is 2.27. The van der Waals surface area contributed by atoms with Crippen LogP contribution in [0.3, 0.4) is 0 Å². The molecule has 5 heteroatoms. The molecule has 0 radical (unpaired) electrons. The van der Waals surface area contributed by atoms with E-state index in [0.29, 0.717) is 11.7 Å². The van der Waals surface area contributed by atoms with Gasteiger partial charge in [-0.3, -0.25) is 4.98 Å². The van der Waals surface area contributed by atoms with Gasteiger partial charge in [-0.05, 0) is 30.7 Å². The summed E-state index contributed by atoms with van der Waals surface area (Å²) < 4.78 is 5.29. The predicted octanol–water partition coefficient (Wildman–Crippen LogP) is 3.47. The van der Waals surface area contributed by atoms with Crippen LogP contribution in [0.5, 0.6) is 0 Å². The molecule has 1 atom stereocenters. The average Bonchev–Trinajstić information content (AvgIpc) is 3.02. The van der Waals surface area contributed by atoms with Gasteiger partial charge in [0.2, 0.25) is 11.7 Å². The van der Waals surface area contributed by atoms with E-state index in [0.717, 1.165) is 35.7 Å². The minimum Gasteiger partial charge on any atom is -0.337 e. The van der Waals surface area contributed by atoms with Crippen LogP contribution in [0.1, 0.15) is 38.1 Å². The van der Waals surface area contributed by atoms with Gasteiger partial charge >= 0.3 is 0 Å². The Labute approximate surface area is 123 Å². The van der Waals surface area contributed by atoms with Crippen molar-refractivity contribution < 1.29 is 4.52 Å². The molecule has 3 rings (SSSR count). The molecule has 0 bridgehead atoms. The summed E-state index contributed by atoms with van der Waals surface area (Å²) >= 11 is 0. The fourth-order valence-electron chi connectivity index (χ4n) is 2.27. The highest BCUT2D eigenvalue weighted by Gasteiger charge is 2.15. The maximum absolute atomic E-state index is 6.06. The zero-order valence-electron chi connectivity index (χ0n) is 12.0. The highest BCUT2D eigenvalue weighted by molar-refractivity contribution is 5.82. The predicted molar refractivity (Wildman–Crippen MR) is 81.5 cm³/mol. The molecule has 0 aliphatic rings. The summed E-state index contributed by atoms with van der Waals surface area (Å²) in [4.78, 5) is 8.72. The van der Waals surface area contributed by atoms with E-state index in [-0.39, 0.29) is 6.04 Å². The number of hydrogen-bond donors (Lipinski definition) is 1. The van der Waals surface area contributed by atoms with Crippen LogP contribution < -0.4 is 5.73 Å². The van der Waals surface area contributed by atoms with Crippen LogP contribution >= 0.6 is 0 Å². The molecule has 3 aromatic rings. The van der Waals surface area contributed by atoms with Gasteiger partial charge in [0.25, 0.3) is 0 Å². The zero-order chi connectivity index (χ0) is 14.7. The Balaban J connectivity index is 1.87. The first-order chi connectivity index (χ1) is 10.3. The third kappa shape index (κ3) is 2.92. The highest BCUT2D eigenvalue weighted by Crippen LogP contribution is 2.23. The first-order valence-electron chi connectivity index (χ1n) is 7.22. The van der Waals surface area contributed by atoms with Gasteiger partial charge in [0.05, 0.1) is 11.6 Å². The van der Waals surface area contributed by atoms with Crippen molar-refractivity contribution in [1.82, 2.24) is 15.1 Å². The van der Waals surface area contributed by atoms with Crippen LogP contribution in [0.2, 0.25) is 0 Å². The van der Waals surface area contributed by atoms with Crippen molar-refractivity contribution in [2.24, 2.45) is 5.73 Å². The van der Waals surface area contributed by atoms with Crippen LogP contribution in [0.15, 0.2) is 41.1 Å². The number of nitrogens with zero attached hydrogens (tertiary/aromatic N) is 3. The summed E-state index contributed by atoms with van der Waals surface area (Å²) in [5, 5.41) is 5.09. The van der Waals surface area contributed by atoms with E-state index in [1.807, 2.05) is 30.3 Å². The van der Waals surface area contributed by atoms with Gasteiger partial charge in [-0.15, -0.1) is 0 Å². The number of pyridine rings is 1. The summed E-state index contributed by atoms with van der Waals surface area (Å²) in [6.07, 6.45) is 4.80. The second-order valence-corrected chi connectivity index (χ2v) is 5.12. The third-order valence-electron chi connectivity index (χ3n) is 3.49. The van der Waals surface area contributed by atoms with Gasteiger partial charge in [-0.1, -0.05) is 31.0 Å². The van der Waals surface area contributed by atoms with E-state index in [1.165, 1.54) is 0 Å². The first-order valence-corrected chi connectivity index (χ1v) is 7.22. The molecule has 5 nitrogen and oxygen atoms in total. The minimum atomic E-state index is -0.187. The highest BCUT2D eigenvalue weighted by atomic mass is 16.5. The van der Waals surface area contributed by atoms with Crippen molar-refractivity contribution in [2.45, 2.75) is 32.2 Å². The number of unbranched alkanes of at least 4 members (excludes halogenated alkanes) is 1. The van der Waals surface area contributed by atoms with Gasteiger partial charge in [0.1, 0.15) is 0 Å². The molecule has 0 aliphatic carbocycles. The van der Waals surface area contributed by atoms with Crippen LogP contribution in [-0.4, -0.2) is 15.1 Å². The van der Waals surface area contributed by atoms with E-state index in [1.54, 1.807) is 6.20 Å². The number of nitrogens with two attached hydrogens (primary N) is 1. The Morgan fingerprint density at radius 1 is 1.29 bits per heavy atom. The molecule has 2 aromatic heterocycles. The number of benzene rings is 1. The van der Waals surface area contributed by atoms with E-state index in [2.05, 4.69) is 22.0 Å². The minimum absolute atomic E-state index is 0.187. The Kier molecular flexibility index (Phi) is 3.92. The lowest BCUT2D eigenvalue weighted by atomic mass is 10.1. The Morgan fingerprint density at radius 3 is 3.05 bits per heavy atom. The fraction of sp³-hybridized carbons (Fsp3) is 0.312. The number of hydrogen-bond acceptors (Lipinski definition) is 5. The molecule has 0 spiro atoms. The summed E-state index contributed by atoms with van der Waals surface area (Å²) in [7, 11) is 0. The van der Waals surface area contributed by atoms with Crippen molar-refractivity contribution in [2.75, 3.05) is 0 Å². The molecule has 108 valence electrons. The second-order valence-electron chi connectivity index (χ2n) is 5.12. The standard InChI is InChI=1S/C16H18N4O/c1-2-3-6-13(17)16-19-15(20-21-16)12-7-8-14-11(10-12)5-4-9-18-14/h4-5,7-10,13H,2-3,6,17H2,1H3.